The second-order valence-corrected chi connectivity index (χ2v) is 6.41. The number of carboxylic acid groups (broad SMARTS) is 1. The summed E-state index contributed by atoms with van der Waals surface area (Å²) in [7, 11) is -1.56. The van der Waals surface area contributed by atoms with Gasteiger partial charge < -0.3 is 16.0 Å². The number of aliphatic carboxylic acids is 1. The van der Waals surface area contributed by atoms with Crippen molar-refractivity contribution >= 4 is 34.7 Å². The largest absolute Gasteiger partial charge is 0.480 e. The number of carbonyl (C=O) groups is 3. The monoisotopic (exact) mass is 351 g/mol. The minimum Gasteiger partial charge on any atom is -0.480 e. The lowest BCUT2D eigenvalue weighted by atomic mass is 10.1. The molecule has 0 aromatic heterocycles. The average molecular weight is 351 g/mol. The van der Waals surface area contributed by atoms with Gasteiger partial charge in [0, 0.05) is 23.5 Å². The van der Waals surface area contributed by atoms with Gasteiger partial charge in [-0.15, -0.1) is 0 Å². The van der Waals surface area contributed by atoms with Crippen LogP contribution in [0.4, 0.5) is 0 Å². The number of benzene rings is 1. The van der Waals surface area contributed by atoms with Crippen molar-refractivity contribution < 1.29 is 28.5 Å². The number of rotatable bonds is 9. The van der Waals surface area contributed by atoms with Crippen LogP contribution in [0.2, 0.25) is 0 Å². The lowest BCUT2D eigenvalue weighted by Crippen LogP contribution is -2.44. The second kappa shape index (κ2) is 9.49. The molecule has 0 bridgehead atoms. The smallest absolute Gasteiger partial charge is 0.326 e. The fourth-order valence-corrected chi connectivity index (χ4v) is 2.95. The van der Waals surface area contributed by atoms with E-state index in [0.29, 0.717) is 11.8 Å². The van der Waals surface area contributed by atoms with Crippen LogP contribution < -0.4 is 5.32 Å². The Labute approximate surface area is 141 Å². The van der Waals surface area contributed by atoms with Gasteiger partial charge in [-0.25, -0.2) is 4.79 Å². The van der Waals surface area contributed by atoms with Crippen LogP contribution in [0.1, 0.15) is 23.7 Å². The van der Waals surface area contributed by atoms with E-state index in [0.717, 1.165) is 0 Å². The van der Waals surface area contributed by atoms with E-state index in [1.54, 1.807) is 30.3 Å². The molecule has 1 aromatic carbocycles. The van der Waals surface area contributed by atoms with Crippen LogP contribution >= 0.6 is 0 Å². The van der Waals surface area contributed by atoms with Gasteiger partial charge in [0.15, 0.2) is 0 Å². The van der Waals surface area contributed by atoms with Crippen molar-refractivity contribution in [3.8, 4) is 0 Å². The third-order valence-corrected chi connectivity index (χ3v) is 4.32. The van der Waals surface area contributed by atoms with Gasteiger partial charge in [0.1, 0.15) is 11.3 Å². The molecule has 1 unspecified atom stereocenters. The summed E-state index contributed by atoms with van der Waals surface area (Å²) < 4.78 is 11.9. The summed E-state index contributed by atoms with van der Waals surface area (Å²) in [6, 6.07) is 7.05. The predicted molar refractivity (Wildman–Crippen MR) is 86.7 cm³/mol. The van der Waals surface area contributed by atoms with Crippen LogP contribution in [-0.2, 0) is 25.2 Å². The number of carboxylic acids is 1. The van der Waals surface area contributed by atoms with Crippen molar-refractivity contribution in [1.29, 1.82) is 0 Å². The van der Waals surface area contributed by atoms with Crippen LogP contribution in [0.15, 0.2) is 30.3 Å². The summed E-state index contributed by atoms with van der Waals surface area (Å²) in [6.45, 7) is 0. The van der Waals surface area contributed by atoms with Gasteiger partial charge in [0.2, 0.25) is 11.7 Å². The minimum atomic E-state index is -1.56. The number of carbonyl (C=O) groups excluding carboxylic acids is 2. The number of Topliss-reactive ketones (excluding diaryl/α,β-unsaturated/α-hetero) is 1. The fourth-order valence-electron chi connectivity index (χ4n) is 2.04. The van der Waals surface area contributed by atoms with Crippen molar-refractivity contribution in [1.82, 2.24) is 5.32 Å². The van der Waals surface area contributed by atoms with Gasteiger partial charge in [0.05, 0.1) is 0 Å². The lowest BCUT2D eigenvalue weighted by Gasteiger charge is -2.19. The third kappa shape index (κ3) is 5.86. The first-order valence-electron chi connectivity index (χ1n) is 6.97. The Morgan fingerprint density at radius 2 is 1.96 bits per heavy atom. The topological polar surface area (TPSA) is 137 Å². The molecule has 8 nitrogen and oxygen atoms in total. The summed E-state index contributed by atoms with van der Waals surface area (Å²) in [5, 5.41) is 10.5. The van der Waals surface area contributed by atoms with Crippen LogP contribution in [0, 0.1) is 0 Å². The van der Waals surface area contributed by atoms with Crippen molar-refractivity contribution in [2.24, 2.45) is 0 Å². The molecule has 0 fully saturated rings. The van der Waals surface area contributed by atoms with E-state index in [9.17, 15) is 23.7 Å². The van der Waals surface area contributed by atoms with Crippen LogP contribution in [0.5, 0.6) is 0 Å². The molecule has 24 heavy (non-hydrogen) atoms. The zero-order valence-corrected chi connectivity index (χ0v) is 13.7. The third-order valence-electron chi connectivity index (χ3n) is 3.17. The molecular formula is C15H17N3O5S. The van der Waals surface area contributed by atoms with E-state index in [-0.39, 0.29) is 12.8 Å². The van der Waals surface area contributed by atoms with Gasteiger partial charge in [0.25, 0.3) is 0 Å². The highest BCUT2D eigenvalue weighted by Gasteiger charge is 2.29. The number of ketones is 1. The highest BCUT2D eigenvalue weighted by Crippen LogP contribution is 2.19. The zero-order chi connectivity index (χ0) is 18.1. The maximum atomic E-state index is 12.4. The molecule has 0 aliphatic rings. The highest BCUT2D eigenvalue weighted by atomic mass is 32.2. The molecule has 9 heteroatoms. The van der Waals surface area contributed by atoms with Crippen LogP contribution in [-0.4, -0.2) is 50.3 Å². The molecule has 1 amide bonds. The number of hydrogen-bond donors (Lipinski definition) is 2. The molecule has 0 saturated heterocycles. The van der Waals surface area contributed by atoms with Crippen molar-refractivity contribution in [3.05, 3.63) is 41.4 Å². The Morgan fingerprint density at radius 1 is 1.33 bits per heavy atom. The Hall–Kier alpha value is -2.64. The first-order valence-corrected chi connectivity index (χ1v) is 8.59. The Bertz CT molecular complexity index is 686. The van der Waals surface area contributed by atoms with E-state index >= 15 is 0 Å². The maximum Gasteiger partial charge on any atom is 0.326 e. The average Bonchev–Trinajstić information content (AvgIpc) is 2.52. The standard InChI is InChI=1S/C15H17N3O5S/c1-24(23)13(10-5-3-2-4-6-10)14(20)18-12(15(21)22)8-7-11(19)9-17-16/h2-6,9,12-13H,7-8H2,1H3,(H,18,20)(H,21,22)/t12-,13-,24?/m0/s1. The summed E-state index contributed by atoms with van der Waals surface area (Å²) in [4.78, 5) is 37.4. The number of nitrogens with zero attached hydrogens (tertiary/aromatic N) is 2. The molecule has 0 heterocycles. The predicted octanol–water partition coefficient (Wildman–Crippen LogP) is 0.326. The van der Waals surface area contributed by atoms with Gasteiger partial charge in [-0.3, -0.25) is 13.8 Å². The maximum absolute atomic E-state index is 12.4. The lowest BCUT2D eigenvalue weighted by molar-refractivity contribution is -0.142. The summed E-state index contributed by atoms with van der Waals surface area (Å²) in [6.07, 6.45) is 1.62. The molecule has 0 spiro atoms. The Balaban J connectivity index is 2.86. The zero-order valence-electron chi connectivity index (χ0n) is 12.9. The van der Waals surface area contributed by atoms with E-state index in [1.165, 1.54) is 6.26 Å². The molecule has 1 rings (SSSR count). The Kier molecular flexibility index (Phi) is 7.67. The van der Waals surface area contributed by atoms with Gasteiger partial charge in [-0.1, -0.05) is 30.3 Å². The first-order chi connectivity index (χ1) is 11.4. The van der Waals surface area contributed by atoms with E-state index in [4.69, 9.17) is 5.53 Å². The van der Waals surface area contributed by atoms with Gasteiger partial charge >= 0.3 is 12.2 Å². The van der Waals surface area contributed by atoms with Crippen LogP contribution in [0.25, 0.3) is 5.53 Å². The van der Waals surface area contributed by atoms with Crippen molar-refractivity contribution in [2.45, 2.75) is 24.1 Å². The first kappa shape index (κ1) is 19.4. The van der Waals surface area contributed by atoms with E-state index < -0.39 is 39.8 Å². The molecule has 3 atom stereocenters. The summed E-state index contributed by atoms with van der Waals surface area (Å²) in [5.74, 6) is -2.58. The molecule has 0 aliphatic carbocycles. The van der Waals surface area contributed by atoms with E-state index in [2.05, 4.69) is 10.1 Å². The number of amides is 1. The highest BCUT2D eigenvalue weighted by molar-refractivity contribution is 7.85. The quantitative estimate of drug-likeness (QED) is 0.375. The van der Waals surface area contributed by atoms with E-state index in [1.807, 2.05) is 0 Å². The molecule has 0 radical (unpaired) electrons. The fraction of sp³-hybridized carbons (Fsp3) is 0.333. The summed E-state index contributed by atoms with van der Waals surface area (Å²) >= 11 is 0. The molecule has 128 valence electrons. The SMILES string of the molecule is CS(=O)[C@H](C(=O)N[C@@H](CCC(=O)C=[N+]=[N-])C(=O)O)c1ccccc1. The normalized spacial score (nSPS) is 13.9. The van der Waals surface area contributed by atoms with Gasteiger partial charge in [-0.2, -0.15) is 4.79 Å². The van der Waals surface area contributed by atoms with Crippen molar-refractivity contribution in [3.63, 3.8) is 0 Å². The second-order valence-electron chi connectivity index (χ2n) is 4.94. The minimum absolute atomic E-state index is 0.177. The molecule has 0 aliphatic heterocycles. The van der Waals surface area contributed by atoms with Crippen LogP contribution in [0.3, 0.4) is 0 Å². The summed E-state index contributed by atoms with van der Waals surface area (Å²) in [5.41, 5.74) is 8.75. The number of nitrogens with one attached hydrogen (secondary N) is 1. The Morgan fingerprint density at radius 3 is 2.46 bits per heavy atom. The molecular weight excluding hydrogens is 334 g/mol. The molecule has 0 saturated carbocycles. The molecule has 2 N–H and O–H groups in total. The van der Waals surface area contributed by atoms with Gasteiger partial charge in [-0.05, 0) is 12.0 Å². The number of hydrogen-bond acceptors (Lipinski definition) is 4. The van der Waals surface area contributed by atoms with Crippen molar-refractivity contribution in [2.75, 3.05) is 6.26 Å². The molecule has 1 aromatic rings.